The molecule has 0 aromatic carbocycles. The quantitative estimate of drug-likeness (QED) is 0.908. The molecule has 2 aromatic heterocycles. The molecule has 3 rings (SSSR count). The Morgan fingerprint density at radius 3 is 2.52 bits per heavy atom. The Labute approximate surface area is 127 Å². The second-order valence-electron chi connectivity index (χ2n) is 5.48. The minimum Gasteiger partial charge on any atom is -0.396 e. The first-order chi connectivity index (χ1) is 10.1. The van der Waals surface area contributed by atoms with E-state index in [-0.39, 0.29) is 5.91 Å². The molecule has 0 radical (unpaired) electrons. The monoisotopic (exact) mass is 305 g/mol. The Hall–Kier alpha value is -1.73. The van der Waals surface area contributed by atoms with Gasteiger partial charge in [0.05, 0.1) is 5.69 Å². The largest absolute Gasteiger partial charge is 0.396 e. The molecule has 2 aromatic rings. The maximum Gasteiger partial charge on any atom is 0.266 e. The van der Waals surface area contributed by atoms with Crippen molar-refractivity contribution >= 4 is 33.3 Å². The van der Waals surface area contributed by atoms with Crippen molar-refractivity contribution in [1.82, 2.24) is 19.8 Å². The van der Waals surface area contributed by atoms with E-state index >= 15 is 0 Å². The van der Waals surface area contributed by atoms with Gasteiger partial charge >= 0.3 is 0 Å². The van der Waals surface area contributed by atoms with Crippen LogP contribution in [0.4, 0.5) is 5.69 Å². The molecular weight excluding hydrogens is 286 g/mol. The van der Waals surface area contributed by atoms with Gasteiger partial charge in [-0.1, -0.05) is 0 Å². The summed E-state index contributed by atoms with van der Waals surface area (Å²) in [4.78, 5) is 26.6. The van der Waals surface area contributed by atoms with Gasteiger partial charge in [0.2, 0.25) is 0 Å². The molecule has 6 nitrogen and oxygen atoms in total. The standard InChI is InChI=1S/C14H19N5OS/c1-9(2)18-5-7-19(8-6-18)14(20)12-10(15)11-13(21-12)17-4-3-16-11/h3-4,9H,5-8,15H2,1-2H3. The minimum atomic E-state index is 0.000654. The van der Waals surface area contributed by atoms with Crippen LogP contribution < -0.4 is 5.73 Å². The van der Waals surface area contributed by atoms with Gasteiger partial charge in [0.25, 0.3) is 5.91 Å². The summed E-state index contributed by atoms with van der Waals surface area (Å²) in [5.41, 5.74) is 7.16. The van der Waals surface area contributed by atoms with E-state index in [9.17, 15) is 4.79 Å². The van der Waals surface area contributed by atoms with Gasteiger partial charge in [-0.3, -0.25) is 9.69 Å². The van der Waals surface area contributed by atoms with Crippen molar-refractivity contribution in [2.45, 2.75) is 19.9 Å². The summed E-state index contributed by atoms with van der Waals surface area (Å²) < 4.78 is 0. The molecule has 7 heteroatoms. The topological polar surface area (TPSA) is 75.3 Å². The van der Waals surface area contributed by atoms with E-state index in [1.165, 1.54) is 11.3 Å². The van der Waals surface area contributed by atoms with Gasteiger partial charge in [-0.2, -0.15) is 0 Å². The van der Waals surface area contributed by atoms with Gasteiger partial charge < -0.3 is 10.6 Å². The Bertz CT molecular complexity index is 660. The lowest BCUT2D eigenvalue weighted by Crippen LogP contribution is -2.50. The molecule has 112 valence electrons. The summed E-state index contributed by atoms with van der Waals surface area (Å²) in [5.74, 6) is 0.000654. The zero-order valence-corrected chi connectivity index (χ0v) is 13.1. The Morgan fingerprint density at radius 1 is 1.24 bits per heavy atom. The molecule has 0 atom stereocenters. The number of nitrogens with two attached hydrogens (primary N) is 1. The molecule has 0 spiro atoms. The number of piperazine rings is 1. The average Bonchev–Trinajstić information content (AvgIpc) is 2.84. The molecule has 1 amide bonds. The third-order valence-electron chi connectivity index (χ3n) is 3.89. The highest BCUT2D eigenvalue weighted by Gasteiger charge is 2.26. The lowest BCUT2D eigenvalue weighted by molar-refractivity contribution is 0.0601. The zero-order chi connectivity index (χ0) is 15.0. The number of carbonyl (C=O) groups is 1. The third kappa shape index (κ3) is 2.58. The fourth-order valence-corrected chi connectivity index (χ4v) is 3.58. The van der Waals surface area contributed by atoms with Gasteiger partial charge in [-0.05, 0) is 13.8 Å². The molecular formula is C14H19N5OS. The zero-order valence-electron chi connectivity index (χ0n) is 12.2. The second kappa shape index (κ2) is 5.57. The summed E-state index contributed by atoms with van der Waals surface area (Å²) in [7, 11) is 0. The number of nitrogen functional groups attached to an aromatic ring is 1. The van der Waals surface area contributed by atoms with E-state index in [1.54, 1.807) is 12.4 Å². The van der Waals surface area contributed by atoms with Gasteiger partial charge in [-0.25, -0.2) is 9.97 Å². The highest BCUT2D eigenvalue weighted by atomic mass is 32.1. The summed E-state index contributed by atoms with van der Waals surface area (Å²) >= 11 is 1.33. The Morgan fingerprint density at radius 2 is 1.90 bits per heavy atom. The molecule has 0 aliphatic carbocycles. The lowest BCUT2D eigenvalue weighted by atomic mass is 10.2. The second-order valence-corrected chi connectivity index (χ2v) is 6.48. The van der Waals surface area contributed by atoms with Crippen molar-refractivity contribution in [3.63, 3.8) is 0 Å². The molecule has 0 bridgehead atoms. The van der Waals surface area contributed by atoms with Crippen LogP contribution in [0.5, 0.6) is 0 Å². The number of amides is 1. The highest BCUT2D eigenvalue weighted by Crippen LogP contribution is 2.31. The van der Waals surface area contributed by atoms with Crippen molar-refractivity contribution < 1.29 is 4.79 Å². The van der Waals surface area contributed by atoms with Crippen LogP contribution in [0.2, 0.25) is 0 Å². The van der Waals surface area contributed by atoms with E-state index in [2.05, 4.69) is 28.7 Å². The Kier molecular flexibility index (Phi) is 3.77. The molecule has 0 saturated carbocycles. The van der Waals surface area contributed by atoms with Gasteiger partial charge in [-0.15, -0.1) is 11.3 Å². The Balaban J connectivity index is 1.80. The number of rotatable bonds is 2. The maximum atomic E-state index is 12.6. The van der Waals surface area contributed by atoms with Crippen molar-refractivity contribution in [2.24, 2.45) is 0 Å². The van der Waals surface area contributed by atoms with Crippen LogP contribution in [0.3, 0.4) is 0 Å². The van der Waals surface area contributed by atoms with Gasteiger partial charge in [0, 0.05) is 44.6 Å². The van der Waals surface area contributed by atoms with Crippen LogP contribution in [-0.4, -0.2) is 57.9 Å². The number of hydrogen-bond donors (Lipinski definition) is 1. The average molecular weight is 305 g/mol. The van der Waals surface area contributed by atoms with E-state index in [1.807, 2.05) is 4.90 Å². The number of thiophene rings is 1. The fourth-order valence-electron chi connectivity index (χ4n) is 2.59. The maximum absolute atomic E-state index is 12.6. The summed E-state index contributed by atoms with van der Waals surface area (Å²) in [6.07, 6.45) is 3.22. The number of fused-ring (bicyclic) bond motifs is 1. The highest BCUT2D eigenvalue weighted by molar-refractivity contribution is 7.21. The number of aromatic nitrogens is 2. The first-order valence-electron chi connectivity index (χ1n) is 7.10. The van der Waals surface area contributed by atoms with Crippen LogP contribution in [-0.2, 0) is 0 Å². The fraction of sp³-hybridized carbons (Fsp3) is 0.500. The summed E-state index contributed by atoms with van der Waals surface area (Å²) in [5, 5.41) is 0. The molecule has 1 fully saturated rings. The molecule has 1 saturated heterocycles. The van der Waals surface area contributed by atoms with Crippen molar-refractivity contribution in [3.05, 3.63) is 17.3 Å². The predicted octanol–water partition coefficient (Wildman–Crippen LogP) is 1.44. The van der Waals surface area contributed by atoms with Crippen molar-refractivity contribution in [2.75, 3.05) is 31.9 Å². The normalized spacial score (nSPS) is 16.8. The summed E-state index contributed by atoms with van der Waals surface area (Å²) in [6, 6.07) is 0.519. The van der Waals surface area contributed by atoms with E-state index < -0.39 is 0 Å². The predicted molar refractivity (Wildman–Crippen MR) is 84.4 cm³/mol. The van der Waals surface area contributed by atoms with Crippen molar-refractivity contribution in [3.8, 4) is 0 Å². The molecule has 1 aliphatic heterocycles. The SMILES string of the molecule is CC(C)N1CCN(C(=O)c2sc3nccnc3c2N)CC1. The summed E-state index contributed by atoms with van der Waals surface area (Å²) in [6.45, 7) is 7.66. The van der Waals surface area contributed by atoms with E-state index in [4.69, 9.17) is 5.73 Å². The van der Waals surface area contributed by atoms with Gasteiger partial charge in [0.1, 0.15) is 15.2 Å². The minimum absolute atomic E-state index is 0.000654. The van der Waals surface area contributed by atoms with Crippen LogP contribution in [0.15, 0.2) is 12.4 Å². The molecule has 2 N–H and O–H groups in total. The lowest BCUT2D eigenvalue weighted by Gasteiger charge is -2.36. The number of carbonyl (C=O) groups excluding carboxylic acids is 1. The molecule has 1 aliphatic rings. The first-order valence-corrected chi connectivity index (χ1v) is 7.92. The van der Waals surface area contributed by atoms with Gasteiger partial charge in [0.15, 0.2) is 0 Å². The number of anilines is 1. The number of nitrogens with zero attached hydrogens (tertiary/aromatic N) is 4. The van der Waals surface area contributed by atoms with Crippen LogP contribution in [0.1, 0.15) is 23.5 Å². The third-order valence-corrected chi connectivity index (χ3v) is 4.98. The van der Waals surface area contributed by atoms with Crippen LogP contribution >= 0.6 is 11.3 Å². The van der Waals surface area contributed by atoms with E-state index in [0.29, 0.717) is 22.1 Å². The van der Waals surface area contributed by atoms with E-state index in [0.717, 1.165) is 31.0 Å². The van der Waals surface area contributed by atoms with Crippen LogP contribution in [0.25, 0.3) is 10.3 Å². The first kappa shape index (κ1) is 14.2. The molecule has 3 heterocycles. The smallest absolute Gasteiger partial charge is 0.266 e. The van der Waals surface area contributed by atoms with Crippen LogP contribution in [0, 0.1) is 0 Å². The number of hydrogen-bond acceptors (Lipinski definition) is 6. The van der Waals surface area contributed by atoms with Crippen molar-refractivity contribution in [1.29, 1.82) is 0 Å². The molecule has 0 unspecified atom stereocenters. The molecule has 21 heavy (non-hydrogen) atoms.